The Kier molecular flexibility index (Phi) is 3.52. The zero-order valence-electron chi connectivity index (χ0n) is 3.46. The Balaban J connectivity index is 0.0000000833. The molecule has 6 heavy (non-hydrogen) atoms. The fourth-order valence-corrected chi connectivity index (χ4v) is 0. The maximum absolute atomic E-state index is 7.08. The summed E-state index contributed by atoms with van der Waals surface area (Å²) >= 11 is 0. The highest BCUT2D eigenvalue weighted by molar-refractivity contribution is 5.12. The van der Waals surface area contributed by atoms with Gasteiger partial charge in [0.2, 0.25) is 6.72 Å². The lowest BCUT2D eigenvalue weighted by molar-refractivity contribution is 0.0110. The molecule has 0 aromatic carbocycles. The fourth-order valence-electron chi connectivity index (χ4n) is 0. The van der Waals surface area contributed by atoms with Gasteiger partial charge in [0.05, 0.1) is 0 Å². The van der Waals surface area contributed by atoms with Gasteiger partial charge in [-0.15, -0.1) is 0 Å². The van der Waals surface area contributed by atoms with Gasteiger partial charge >= 0.3 is 0 Å². The van der Waals surface area contributed by atoms with Gasteiger partial charge < -0.3 is 5.53 Å². The van der Waals surface area contributed by atoms with Crippen molar-refractivity contribution >= 4 is 6.72 Å². The van der Waals surface area contributed by atoms with E-state index in [4.69, 9.17) is 5.53 Å². The minimum absolute atomic E-state index is 1.25. The van der Waals surface area contributed by atoms with E-state index in [1.807, 2.05) is 0 Å². The maximum Gasteiger partial charge on any atom is 0.245 e. The summed E-state index contributed by atoms with van der Waals surface area (Å²) in [5.41, 5.74) is 7.08. The van der Waals surface area contributed by atoms with Crippen molar-refractivity contribution in [2.45, 2.75) is 6.42 Å². The first kappa shape index (κ1) is 5.12. The van der Waals surface area contributed by atoms with Crippen LogP contribution in [0.25, 0.3) is 5.53 Å². The Labute approximate surface area is 36.7 Å². The molecule has 0 aliphatic heterocycles. The van der Waals surface area contributed by atoms with Crippen molar-refractivity contribution < 1.29 is 4.79 Å². The molecule has 1 aliphatic carbocycles. The molecule has 1 rings (SSSR count). The minimum Gasteiger partial charge on any atom is -0.362 e. The predicted octanol–water partition coefficient (Wildman–Crippen LogP) is 0.863. The first-order chi connectivity index (χ1) is 2.91. The van der Waals surface area contributed by atoms with Crippen molar-refractivity contribution in [3.8, 4) is 0 Å². The smallest absolute Gasteiger partial charge is 0.245 e. The lowest BCUT2D eigenvalue weighted by Crippen LogP contribution is -1.21. The van der Waals surface area contributed by atoms with E-state index in [0.717, 1.165) is 0 Å². The first-order valence-electron chi connectivity index (χ1n) is 1.67. The first-order valence-corrected chi connectivity index (χ1v) is 1.67. The van der Waals surface area contributed by atoms with Crippen LogP contribution in [0.2, 0.25) is 0 Å². The molecule has 0 radical (unpaired) electrons. The van der Waals surface area contributed by atoms with Crippen LogP contribution in [-0.4, -0.2) is 11.5 Å². The molecule has 2 heteroatoms. The molecule has 1 aliphatic rings. The average molecular weight is 82.1 g/mol. The summed E-state index contributed by atoms with van der Waals surface area (Å²) in [4.78, 5) is 2.25. The summed E-state index contributed by atoms with van der Waals surface area (Å²) in [5.74, 6) is 0. The van der Waals surface area contributed by atoms with Crippen LogP contribution in [0.4, 0.5) is 0 Å². The van der Waals surface area contributed by atoms with E-state index in [0.29, 0.717) is 0 Å². The zero-order valence-corrected chi connectivity index (χ0v) is 3.46. The van der Waals surface area contributed by atoms with Crippen LogP contribution in [-0.2, 0) is 0 Å². The SMILES string of the molecule is C1=CC1.C=[N+]=[N-]. The molecule has 0 saturated carbocycles. The van der Waals surface area contributed by atoms with Gasteiger partial charge in [-0.2, -0.15) is 4.79 Å². The summed E-state index contributed by atoms with van der Waals surface area (Å²) < 4.78 is 0. The highest BCUT2D eigenvalue weighted by Gasteiger charge is 1.75. The highest BCUT2D eigenvalue weighted by Crippen LogP contribution is 1.96. The van der Waals surface area contributed by atoms with E-state index >= 15 is 0 Å². The van der Waals surface area contributed by atoms with Crippen LogP contribution in [0, 0.1) is 0 Å². The van der Waals surface area contributed by atoms with Crippen molar-refractivity contribution in [1.82, 2.24) is 0 Å². The Bertz CT molecular complexity index is 73.5. The van der Waals surface area contributed by atoms with E-state index < -0.39 is 0 Å². The van der Waals surface area contributed by atoms with Crippen molar-refractivity contribution in [2.24, 2.45) is 0 Å². The Morgan fingerprint density at radius 2 is 1.83 bits per heavy atom. The summed E-state index contributed by atoms with van der Waals surface area (Å²) in [6.07, 6.45) is 5.50. The Morgan fingerprint density at radius 3 is 1.83 bits per heavy atom. The molecule has 2 nitrogen and oxygen atoms in total. The van der Waals surface area contributed by atoms with E-state index in [2.05, 4.69) is 23.7 Å². The second kappa shape index (κ2) is 4.12. The molecular formula is C4H6N2. The van der Waals surface area contributed by atoms with Gasteiger partial charge in [-0.3, -0.25) is 0 Å². The Morgan fingerprint density at radius 1 is 1.67 bits per heavy atom. The molecule has 0 N–H and O–H groups in total. The van der Waals surface area contributed by atoms with E-state index in [-0.39, 0.29) is 0 Å². The van der Waals surface area contributed by atoms with Gasteiger partial charge in [0.25, 0.3) is 0 Å². The molecule has 0 amide bonds. The van der Waals surface area contributed by atoms with Gasteiger partial charge in [-0.05, 0) is 6.42 Å². The van der Waals surface area contributed by atoms with Crippen LogP contribution >= 0.6 is 0 Å². The number of rotatable bonds is 0. The normalized spacial score (nSPS) is 10.7. The monoisotopic (exact) mass is 82.1 g/mol. The lowest BCUT2D eigenvalue weighted by atomic mass is 10.9. The molecule has 0 aromatic heterocycles. The van der Waals surface area contributed by atoms with Crippen molar-refractivity contribution in [3.05, 3.63) is 17.7 Å². The molecule has 0 atom stereocenters. The maximum atomic E-state index is 7.08. The molecule has 0 unspecified atom stereocenters. The standard InChI is InChI=1S/C3H4.CH2N2/c1-2-3-1;1-3-2/h1-2H,3H2;1H2. The number of hydrogen-bond donors (Lipinski definition) is 0. The van der Waals surface area contributed by atoms with Gasteiger partial charge in [0.15, 0.2) is 0 Å². The van der Waals surface area contributed by atoms with Gasteiger partial charge in [-0.25, -0.2) is 0 Å². The molecular weight excluding hydrogens is 76.1 g/mol. The van der Waals surface area contributed by atoms with Gasteiger partial charge in [-0.1, -0.05) is 12.2 Å². The summed E-state index contributed by atoms with van der Waals surface area (Å²) in [6.45, 7) is 2.67. The second-order valence-corrected chi connectivity index (χ2v) is 0.849. The molecule has 0 saturated heterocycles. The minimum atomic E-state index is 1.25. The van der Waals surface area contributed by atoms with Crippen molar-refractivity contribution in [2.75, 3.05) is 0 Å². The molecule has 32 valence electrons. The molecule has 0 heterocycles. The molecule has 0 fully saturated rings. The van der Waals surface area contributed by atoms with Crippen LogP contribution in [0.1, 0.15) is 6.42 Å². The third-order valence-corrected chi connectivity index (χ3v) is 0.236. The lowest BCUT2D eigenvalue weighted by Gasteiger charge is -1.16. The second-order valence-electron chi connectivity index (χ2n) is 0.849. The quantitative estimate of drug-likeness (QED) is 0.180. The zero-order chi connectivity index (χ0) is 4.83. The topological polar surface area (TPSA) is 36.4 Å². The van der Waals surface area contributed by atoms with Crippen LogP contribution in [0.15, 0.2) is 12.2 Å². The third kappa shape index (κ3) is 974. The predicted molar refractivity (Wildman–Crippen MR) is 24.5 cm³/mol. The van der Waals surface area contributed by atoms with E-state index in [1.54, 1.807) is 0 Å². The number of allylic oxidation sites excluding steroid dienone is 2. The van der Waals surface area contributed by atoms with E-state index in [9.17, 15) is 0 Å². The molecule has 0 aromatic rings. The average Bonchev–Trinajstić information content (AvgIpc) is 2.11. The highest BCUT2D eigenvalue weighted by atomic mass is 14.8. The van der Waals surface area contributed by atoms with Crippen molar-refractivity contribution in [1.29, 1.82) is 0 Å². The molecule has 0 spiro atoms. The number of hydrogen-bond acceptors (Lipinski definition) is 0. The van der Waals surface area contributed by atoms with Crippen LogP contribution in [0.5, 0.6) is 0 Å². The summed E-state index contributed by atoms with van der Waals surface area (Å²) in [6, 6.07) is 0. The third-order valence-electron chi connectivity index (χ3n) is 0.236. The van der Waals surface area contributed by atoms with Gasteiger partial charge in [0, 0.05) is 0 Å². The molecule has 0 bridgehead atoms. The van der Waals surface area contributed by atoms with Gasteiger partial charge in [0.1, 0.15) is 0 Å². The summed E-state index contributed by atoms with van der Waals surface area (Å²) in [7, 11) is 0. The Hall–Kier alpha value is -0.880. The fraction of sp³-hybridized carbons (Fsp3) is 0.250. The summed E-state index contributed by atoms with van der Waals surface area (Å²) in [5, 5.41) is 0. The number of nitrogens with zero attached hydrogens (tertiary/aromatic N) is 2. The van der Waals surface area contributed by atoms with Crippen molar-refractivity contribution in [3.63, 3.8) is 0 Å². The van der Waals surface area contributed by atoms with Crippen LogP contribution < -0.4 is 0 Å². The van der Waals surface area contributed by atoms with Crippen LogP contribution in [0.3, 0.4) is 0 Å². The van der Waals surface area contributed by atoms with E-state index in [1.165, 1.54) is 6.42 Å². The largest absolute Gasteiger partial charge is 0.362 e.